The molecule has 0 saturated heterocycles. The molecule has 0 fully saturated rings. The van der Waals surface area contributed by atoms with Gasteiger partial charge in [0.25, 0.3) is 11.6 Å². The van der Waals surface area contributed by atoms with Gasteiger partial charge in [-0.15, -0.1) is 0 Å². The lowest BCUT2D eigenvalue weighted by molar-refractivity contribution is -0.385. The van der Waals surface area contributed by atoms with Gasteiger partial charge in [-0.25, -0.2) is 4.39 Å². The molecule has 1 amide bonds. The molecule has 98 valence electrons. The molecule has 0 aliphatic heterocycles. The standard InChI is InChI=1S/C11H14FN3O3/c1-11(2,6-13)14-10(16)8-4-3-7(12)5-9(8)15(17)18/h3-5H,6,13H2,1-2H3,(H,14,16). The van der Waals surface area contributed by atoms with E-state index in [1.807, 2.05) is 0 Å². The van der Waals surface area contributed by atoms with Crippen LogP contribution in [0.15, 0.2) is 18.2 Å². The summed E-state index contributed by atoms with van der Waals surface area (Å²) in [5.41, 5.74) is 3.99. The number of hydrogen-bond acceptors (Lipinski definition) is 4. The second kappa shape index (κ2) is 5.09. The number of carbonyl (C=O) groups is 1. The predicted molar refractivity (Wildman–Crippen MR) is 63.7 cm³/mol. The first kappa shape index (κ1) is 14.0. The van der Waals surface area contributed by atoms with Crippen LogP contribution in [0.2, 0.25) is 0 Å². The molecule has 7 heteroatoms. The summed E-state index contributed by atoms with van der Waals surface area (Å²) in [5.74, 6) is -1.42. The summed E-state index contributed by atoms with van der Waals surface area (Å²) in [7, 11) is 0. The highest BCUT2D eigenvalue weighted by Gasteiger charge is 2.25. The summed E-state index contributed by atoms with van der Waals surface area (Å²) in [6.07, 6.45) is 0. The van der Waals surface area contributed by atoms with Gasteiger partial charge in [-0.05, 0) is 26.0 Å². The van der Waals surface area contributed by atoms with Crippen LogP contribution in [0, 0.1) is 15.9 Å². The van der Waals surface area contributed by atoms with Gasteiger partial charge in [-0.2, -0.15) is 0 Å². The van der Waals surface area contributed by atoms with E-state index in [0.717, 1.165) is 12.1 Å². The number of nitro benzene ring substituents is 1. The fourth-order valence-electron chi connectivity index (χ4n) is 1.27. The molecule has 0 radical (unpaired) electrons. The summed E-state index contributed by atoms with van der Waals surface area (Å²) in [6, 6.07) is 2.79. The van der Waals surface area contributed by atoms with Crippen molar-refractivity contribution in [1.29, 1.82) is 0 Å². The average molecular weight is 255 g/mol. The fourth-order valence-corrected chi connectivity index (χ4v) is 1.27. The molecule has 0 saturated carbocycles. The van der Waals surface area contributed by atoms with Crippen LogP contribution >= 0.6 is 0 Å². The summed E-state index contributed by atoms with van der Waals surface area (Å²) >= 11 is 0. The van der Waals surface area contributed by atoms with E-state index in [1.54, 1.807) is 13.8 Å². The average Bonchev–Trinajstić information content (AvgIpc) is 2.28. The summed E-state index contributed by atoms with van der Waals surface area (Å²) < 4.78 is 12.9. The van der Waals surface area contributed by atoms with Gasteiger partial charge in [-0.1, -0.05) is 0 Å². The van der Waals surface area contributed by atoms with Crippen molar-refractivity contribution in [3.8, 4) is 0 Å². The van der Waals surface area contributed by atoms with Crippen molar-refractivity contribution in [3.05, 3.63) is 39.7 Å². The summed E-state index contributed by atoms with van der Waals surface area (Å²) in [4.78, 5) is 21.8. The lowest BCUT2D eigenvalue weighted by Crippen LogP contribution is -2.48. The van der Waals surface area contributed by atoms with Gasteiger partial charge in [0.2, 0.25) is 0 Å². The molecule has 0 aromatic heterocycles. The van der Waals surface area contributed by atoms with Gasteiger partial charge in [0, 0.05) is 12.1 Å². The van der Waals surface area contributed by atoms with Gasteiger partial charge < -0.3 is 11.1 Å². The second-order valence-electron chi connectivity index (χ2n) is 4.46. The Kier molecular flexibility index (Phi) is 3.97. The monoisotopic (exact) mass is 255 g/mol. The Morgan fingerprint density at radius 3 is 2.67 bits per heavy atom. The molecular weight excluding hydrogens is 241 g/mol. The molecule has 0 heterocycles. The smallest absolute Gasteiger partial charge is 0.285 e. The molecular formula is C11H14FN3O3. The number of nitrogens with two attached hydrogens (primary N) is 1. The molecule has 0 spiro atoms. The first-order chi connectivity index (χ1) is 8.26. The zero-order valence-corrected chi connectivity index (χ0v) is 10.1. The Morgan fingerprint density at radius 1 is 1.56 bits per heavy atom. The summed E-state index contributed by atoms with van der Waals surface area (Å²) in [6.45, 7) is 3.54. The lowest BCUT2D eigenvalue weighted by atomic mass is 10.0. The van der Waals surface area contributed by atoms with Gasteiger partial charge in [0.05, 0.1) is 11.0 Å². The zero-order chi connectivity index (χ0) is 13.9. The number of hydrogen-bond donors (Lipinski definition) is 2. The molecule has 1 rings (SSSR count). The van der Waals surface area contributed by atoms with Gasteiger partial charge in [0.1, 0.15) is 11.4 Å². The van der Waals surface area contributed by atoms with Crippen molar-refractivity contribution in [3.63, 3.8) is 0 Å². The third-order valence-corrected chi connectivity index (χ3v) is 2.36. The number of amides is 1. The Labute approximate surface area is 103 Å². The Balaban J connectivity index is 3.10. The Bertz CT molecular complexity index is 488. The van der Waals surface area contributed by atoms with Crippen molar-refractivity contribution < 1.29 is 14.1 Å². The van der Waals surface area contributed by atoms with Crippen LogP contribution in [-0.2, 0) is 0 Å². The van der Waals surface area contributed by atoms with Gasteiger partial charge in [0.15, 0.2) is 0 Å². The van der Waals surface area contributed by atoms with E-state index >= 15 is 0 Å². The lowest BCUT2D eigenvalue weighted by Gasteiger charge is -2.24. The van der Waals surface area contributed by atoms with Crippen molar-refractivity contribution in [1.82, 2.24) is 5.32 Å². The number of carbonyl (C=O) groups excluding carboxylic acids is 1. The van der Waals surface area contributed by atoms with E-state index in [0.29, 0.717) is 6.07 Å². The van der Waals surface area contributed by atoms with E-state index in [-0.39, 0.29) is 12.1 Å². The molecule has 0 bridgehead atoms. The zero-order valence-electron chi connectivity index (χ0n) is 10.1. The number of halogens is 1. The van der Waals surface area contributed by atoms with Crippen LogP contribution in [0.3, 0.4) is 0 Å². The summed E-state index contributed by atoms with van der Waals surface area (Å²) in [5, 5.41) is 13.3. The van der Waals surface area contributed by atoms with Crippen molar-refractivity contribution >= 4 is 11.6 Å². The predicted octanol–water partition coefficient (Wildman–Crippen LogP) is 1.20. The van der Waals surface area contributed by atoms with Crippen LogP contribution in [-0.4, -0.2) is 22.9 Å². The molecule has 0 aliphatic rings. The topological polar surface area (TPSA) is 98.3 Å². The van der Waals surface area contributed by atoms with E-state index < -0.39 is 27.9 Å². The van der Waals surface area contributed by atoms with E-state index in [1.165, 1.54) is 0 Å². The van der Waals surface area contributed by atoms with E-state index in [2.05, 4.69) is 5.32 Å². The molecule has 0 unspecified atom stereocenters. The molecule has 0 aliphatic carbocycles. The maximum absolute atomic E-state index is 12.9. The van der Waals surface area contributed by atoms with Crippen molar-refractivity contribution in [2.45, 2.75) is 19.4 Å². The first-order valence-corrected chi connectivity index (χ1v) is 5.23. The van der Waals surface area contributed by atoms with Crippen LogP contribution in [0.1, 0.15) is 24.2 Å². The third-order valence-electron chi connectivity index (χ3n) is 2.36. The highest BCUT2D eigenvalue weighted by molar-refractivity contribution is 5.98. The third kappa shape index (κ3) is 3.24. The Hall–Kier alpha value is -2.02. The fraction of sp³-hybridized carbons (Fsp3) is 0.364. The second-order valence-corrected chi connectivity index (χ2v) is 4.46. The highest BCUT2D eigenvalue weighted by atomic mass is 19.1. The minimum absolute atomic E-state index is 0.174. The number of rotatable bonds is 4. The molecule has 6 nitrogen and oxygen atoms in total. The molecule has 1 aromatic carbocycles. The van der Waals surface area contributed by atoms with Crippen LogP contribution < -0.4 is 11.1 Å². The van der Waals surface area contributed by atoms with Crippen molar-refractivity contribution in [2.24, 2.45) is 5.73 Å². The Morgan fingerprint density at radius 2 is 2.17 bits per heavy atom. The van der Waals surface area contributed by atoms with E-state index in [9.17, 15) is 19.3 Å². The molecule has 0 atom stereocenters. The van der Waals surface area contributed by atoms with Crippen LogP contribution in [0.25, 0.3) is 0 Å². The largest absolute Gasteiger partial charge is 0.346 e. The maximum Gasteiger partial charge on any atom is 0.285 e. The minimum Gasteiger partial charge on any atom is -0.346 e. The van der Waals surface area contributed by atoms with Crippen LogP contribution in [0.5, 0.6) is 0 Å². The highest BCUT2D eigenvalue weighted by Crippen LogP contribution is 2.20. The molecule has 1 aromatic rings. The number of nitrogens with zero attached hydrogens (tertiary/aromatic N) is 1. The SMILES string of the molecule is CC(C)(CN)NC(=O)c1ccc(F)cc1[N+](=O)[O-]. The minimum atomic E-state index is -0.798. The van der Waals surface area contributed by atoms with Crippen LogP contribution in [0.4, 0.5) is 10.1 Å². The van der Waals surface area contributed by atoms with Crippen molar-refractivity contribution in [2.75, 3.05) is 6.54 Å². The quantitative estimate of drug-likeness (QED) is 0.623. The van der Waals surface area contributed by atoms with E-state index in [4.69, 9.17) is 5.73 Å². The molecule has 18 heavy (non-hydrogen) atoms. The maximum atomic E-state index is 12.9. The van der Waals surface area contributed by atoms with Gasteiger partial charge >= 0.3 is 0 Å². The number of benzene rings is 1. The number of nitro groups is 1. The normalized spacial score (nSPS) is 11.1. The first-order valence-electron chi connectivity index (χ1n) is 5.23. The number of nitrogens with one attached hydrogen (secondary N) is 1. The molecule has 3 N–H and O–H groups in total. The van der Waals surface area contributed by atoms with Gasteiger partial charge in [-0.3, -0.25) is 14.9 Å².